The zero-order valence-corrected chi connectivity index (χ0v) is 9.83. The maximum Gasteiger partial charge on any atom is 0.303 e. The molecule has 0 saturated carbocycles. The summed E-state index contributed by atoms with van der Waals surface area (Å²) in [7, 11) is -3.33. The molecule has 0 bridgehead atoms. The minimum absolute atomic E-state index is 0.0253. The Kier molecular flexibility index (Phi) is 5.17. The number of carboxylic acid groups (broad SMARTS) is 1. The van der Waals surface area contributed by atoms with Crippen LogP contribution in [0, 0.1) is 0 Å². The van der Waals surface area contributed by atoms with Gasteiger partial charge in [-0.25, -0.2) is 13.1 Å². The molecule has 1 atom stereocenters. The van der Waals surface area contributed by atoms with Crippen molar-refractivity contribution in [1.82, 2.24) is 4.72 Å². The molecule has 0 aromatic carbocycles. The van der Waals surface area contributed by atoms with E-state index in [4.69, 9.17) is 9.84 Å². The number of hydrogen-bond acceptors (Lipinski definition) is 4. The molecule has 6 nitrogen and oxygen atoms in total. The van der Waals surface area contributed by atoms with Crippen molar-refractivity contribution < 1.29 is 23.1 Å². The molecule has 94 valence electrons. The highest BCUT2D eigenvalue weighted by Gasteiger charge is 2.22. The first-order chi connectivity index (χ1) is 7.49. The summed E-state index contributed by atoms with van der Waals surface area (Å²) in [4.78, 5) is 10.2. The second-order valence-corrected chi connectivity index (χ2v) is 5.66. The van der Waals surface area contributed by atoms with E-state index in [1.807, 2.05) is 0 Å². The highest BCUT2D eigenvalue weighted by atomic mass is 32.2. The number of rotatable bonds is 7. The van der Waals surface area contributed by atoms with E-state index in [9.17, 15) is 13.2 Å². The summed E-state index contributed by atoms with van der Waals surface area (Å²) >= 11 is 0. The van der Waals surface area contributed by atoms with Gasteiger partial charge in [-0.3, -0.25) is 4.79 Å². The molecule has 0 aromatic rings. The molecule has 1 heterocycles. The number of nitrogens with one attached hydrogen (secondary N) is 1. The van der Waals surface area contributed by atoms with Crippen molar-refractivity contribution >= 4 is 16.0 Å². The van der Waals surface area contributed by atoms with Crippen molar-refractivity contribution in [2.24, 2.45) is 0 Å². The van der Waals surface area contributed by atoms with Gasteiger partial charge in [0.15, 0.2) is 0 Å². The molecule has 1 aliphatic rings. The van der Waals surface area contributed by atoms with Crippen LogP contribution >= 0.6 is 0 Å². The van der Waals surface area contributed by atoms with Crippen LogP contribution in [-0.2, 0) is 19.6 Å². The maximum absolute atomic E-state index is 11.5. The van der Waals surface area contributed by atoms with Crippen LogP contribution in [0.5, 0.6) is 0 Å². The number of sulfonamides is 1. The lowest BCUT2D eigenvalue weighted by Gasteiger charge is -2.10. The molecule has 1 fully saturated rings. The zero-order chi connectivity index (χ0) is 12.0. The molecule has 1 unspecified atom stereocenters. The highest BCUT2D eigenvalue weighted by Crippen LogP contribution is 2.13. The molecule has 0 aliphatic carbocycles. The standard InChI is InChI=1S/C9H17NO5S/c11-9(12)4-1-5-10-16(13,14)7-8-3-2-6-15-8/h8,10H,1-7H2,(H,11,12). The second kappa shape index (κ2) is 6.17. The van der Waals surface area contributed by atoms with E-state index < -0.39 is 16.0 Å². The fourth-order valence-electron chi connectivity index (χ4n) is 1.55. The Labute approximate surface area is 95.0 Å². The van der Waals surface area contributed by atoms with E-state index in [-0.39, 0.29) is 24.8 Å². The molecule has 2 N–H and O–H groups in total. The molecule has 1 rings (SSSR count). The van der Waals surface area contributed by atoms with Crippen LogP contribution in [0.1, 0.15) is 25.7 Å². The fraction of sp³-hybridized carbons (Fsp3) is 0.889. The Morgan fingerprint density at radius 3 is 2.81 bits per heavy atom. The molecule has 0 radical (unpaired) electrons. The number of carbonyl (C=O) groups is 1. The summed E-state index contributed by atoms with van der Waals surface area (Å²) in [6, 6.07) is 0. The minimum Gasteiger partial charge on any atom is -0.481 e. The predicted molar refractivity (Wildman–Crippen MR) is 57.6 cm³/mol. The monoisotopic (exact) mass is 251 g/mol. The Morgan fingerprint density at radius 2 is 2.25 bits per heavy atom. The van der Waals surface area contributed by atoms with Gasteiger partial charge in [-0.2, -0.15) is 0 Å². The fourth-order valence-corrected chi connectivity index (χ4v) is 2.87. The third-order valence-corrected chi connectivity index (χ3v) is 3.77. The van der Waals surface area contributed by atoms with Crippen LogP contribution in [-0.4, -0.2) is 44.5 Å². The number of hydrogen-bond donors (Lipinski definition) is 2. The summed E-state index contributed by atoms with van der Waals surface area (Å²) in [6.07, 6.45) is 1.74. The molecular formula is C9H17NO5S. The average molecular weight is 251 g/mol. The molecule has 1 aliphatic heterocycles. The van der Waals surface area contributed by atoms with Gasteiger partial charge in [0.1, 0.15) is 0 Å². The Hall–Kier alpha value is -0.660. The molecule has 7 heteroatoms. The van der Waals surface area contributed by atoms with E-state index in [0.717, 1.165) is 12.8 Å². The summed E-state index contributed by atoms with van der Waals surface area (Å²) < 4.78 is 30.6. The van der Waals surface area contributed by atoms with Crippen molar-refractivity contribution in [3.63, 3.8) is 0 Å². The number of ether oxygens (including phenoxy) is 1. The second-order valence-electron chi connectivity index (χ2n) is 3.81. The molecular weight excluding hydrogens is 234 g/mol. The lowest BCUT2D eigenvalue weighted by Crippen LogP contribution is -2.32. The Morgan fingerprint density at radius 1 is 1.50 bits per heavy atom. The Balaban J connectivity index is 2.20. The maximum atomic E-state index is 11.5. The zero-order valence-electron chi connectivity index (χ0n) is 9.02. The van der Waals surface area contributed by atoms with Crippen LogP contribution in [0.2, 0.25) is 0 Å². The summed E-state index contributed by atoms with van der Waals surface area (Å²) in [5.74, 6) is -0.946. The van der Waals surface area contributed by atoms with Crippen LogP contribution in [0.15, 0.2) is 0 Å². The van der Waals surface area contributed by atoms with Gasteiger partial charge in [-0.05, 0) is 19.3 Å². The largest absolute Gasteiger partial charge is 0.481 e. The summed E-state index contributed by atoms with van der Waals surface area (Å²) in [5.41, 5.74) is 0. The van der Waals surface area contributed by atoms with Gasteiger partial charge in [-0.1, -0.05) is 0 Å². The van der Waals surface area contributed by atoms with Crippen molar-refractivity contribution in [3.8, 4) is 0 Å². The molecule has 0 aromatic heterocycles. The van der Waals surface area contributed by atoms with Crippen LogP contribution in [0.3, 0.4) is 0 Å². The smallest absolute Gasteiger partial charge is 0.303 e. The molecule has 0 spiro atoms. The molecule has 1 saturated heterocycles. The molecule has 16 heavy (non-hydrogen) atoms. The summed E-state index contributed by atoms with van der Waals surface area (Å²) in [5, 5.41) is 8.38. The summed E-state index contributed by atoms with van der Waals surface area (Å²) in [6.45, 7) is 0.792. The predicted octanol–water partition coefficient (Wildman–Crippen LogP) is -0.0504. The first kappa shape index (κ1) is 13.4. The highest BCUT2D eigenvalue weighted by molar-refractivity contribution is 7.89. The first-order valence-electron chi connectivity index (χ1n) is 5.30. The van der Waals surface area contributed by atoms with Gasteiger partial charge >= 0.3 is 5.97 Å². The first-order valence-corrected chi connectivity index (χ1v) is 6.95. The van der Waals surface area contributed by atoms with Crippen molar-refractivity contribution in [3.05, 3.63) is 0 Å². The molecule has 0 amide bonds. The number of carboxylic acids is 1. The van der Waals surface area contributed by atoms with Crippen LogP contribution in [0.25, 0.3) is 0 Å². The topological polar surface area (TPSA) is 92.7 Å². The normalized spacial score (nSPS) is 21.1. The third kappa shape index (κ3) is 5.43. The van der Waals surface area contributed by atoms with Gasteiger partial charge < -0.3 is 9.84 Å². The van der Waals surface area contributed by atoms with Gasteiger partial charge in [0.05, 0.1) is 11.9 Å². The lowest BCUT2D eigenvalue weighted by molar-refractivity contribution is -0.137. The van der Waals surface area contributed by atoms with E-state index >= 15 is 0 Å². The lowest BCUT2D eigenvalue weighted by atomic mass is 10.3. The van der Waals surface area contributed by atoms with Crippen LogP contribution in [0.4, 0.5) is 0 Å². The quantitative estimate of drug-likeness (QED) is 0.619. The van der Waals surface area contributed by atoms with Crippen molar-refractivity contribution in [1.29, 1.82) is 0 Å². The van der Waals surface area contributed by atoms with E-state index in [0.29, 0.717) is 13.0 Å². The average Bonchev–Trinajstić information content (AvgIpc) is 2.64. The van der Waals surface area contributed by atoms with E-state index in [2.05, 4.69) is 4.72 Å². The number of aliphatic carboxylic acids is 1. The van der Waals surface area contributed by atoms with E-state index in [1.54, 1.807) is 0 Å². The van der Waals surface area contributed by atoms with Gasteiger partial charge in [0.2, 0.25) is 10.0 Å². The van der Waals surface area contributed by atoms with Crippen molar-refractivity contribution in [2.75, 3.05) is 18.9 Å². The van der Waals surface area contributed by atoms with Crippen molar-refractivity contribution in [2.45, 2.75) is 31.8 Å². The SMILES string of the molecule is O=C(O)CCCNS(=O)(=O)CC1CCCO1. The van der Waals surface area contributed by atoms with Gasteiger partial charge in [0, 0.05) is 19.6 Å². The van der Waals surface area contributed by atoms with Gasteiger partial charge in [0.25, 0.3) is 0 Å². The Bertz CT molecular complexity index is 321. The van der Waals surface area contributed by atoms with Crippen LogP contribution < -0.4 is 4.72 Å². The minimum atomic E-state index is -3.33. The van der Waals surface area contributed by atoms with Gasteiger partial charge in [-0.15, -0.1) is 0 Å². The van der Waals surface area contributed by atoms with E-state index in [1.165, 1.54) is 0 Å². The third-order valence-electron chi connectivity index (χ3n) is 2.32.